The minimum atomic E-state index is -0.661. The number of fused-ring (bicyclic) bond motifs is 1. The highest BCUT2D eigenvalue weighted by molar-refractivity contribution is 5.89. The zero-order valence-electron chi connectivity index (χ0n) is 23.6. The van der Waals surface area contributed by atoms with Crippen molar-refractivity contribution in [2.24, 2.45) is 0 Å². The van der Waals surface area contributed by atoms with Crippen molar-refractivity contribution in [3.63, 3.8) is 0 Å². The Morgan fingerprint density at radius 1 is 1.00 bits per heavy atom. The molecule has 0 saturated heterocycles. The van der Waals surface area contributed by atoms with Crippen molar-refractivity contribution in [1.82, 2.24) is 14.9 Å². The van der Waals surface area contributed by atoms with E-state index in [1.165, 1.54) is 13.2 Å². The molecule has 2 aromatic heterocycles. The van der Waals surface area contributed by atoms with Crippen molar-refractivity contribution < 1.29 is 19.4 Å². The number of esters is 1. The van der Waals surface area contributed by atoms with E-state index in [4.69, 9.17) is 4.74 Å². The molecule has 7 heteroatoms. The van der Waals surface area contributed by atoms with Crippen molar-refractivity contribution in [3.05, 3.63) is 126 Å². The smallest absolute Gasteiger partial charge is 0.330 e. The first-order valence-corrected chi connectivity index (χ1v) is 14.1. The molecule has 0 saturated carbocycles. The monoisotopic (exact) mass is 561 g/mol. The van der Waals surface area contributed by atoms with Crippen LogP contribution in [0.3, 0.4) is 0 Å². The van der Waals surface area contributed by atoms with E-state index in [1.807, 2.05) is 79.0 Å². The lowest BCUT2D eigenvalue weighted by Gasteiger charge is -2.13. The first-order chi connectivity index (χ1) is 20.6. The molecule has 2 heterocycles. The topological polar surface area (TPSA) is 85.6 Å². The van der Waals surface area contributed by atoms with E-state index in [-0.39, 0.29) is 5.97 Å². The summed E-state index contributed by atoms with van der Waals surface area (Å²) >= 11 is 0. The number of hydrogen-bond donors (Lipinski definition) is 2. The third kappa shape index (κ3) is 7.94. The molecular weight excluding hydrogens is 526 g/mol. The van der Waals surface area contributed by atoms with E-state index in [9.17, 15) is 9.90 Å². The molecule has 7 nitrogen and oxygen atoms in total. The lowest BCUT2D eigenvalue weighted by molar-refractivity contribution is -0.134. The van der Waals surface area contributed by atoms with Crippen LogP contribution in [0.15, 0.2) is 109 Å². The maximum Gasteiger partial charge on any atom is 0.330 e. The van der Waals surface area contributed by atoms with Gasteiger partial charge in [0.05, 0.1) is 13.7 Å². The van der Waals surface area contributed by atoms with E-state index >= 15 is 0 Å². The van der Waals surface area contributed by atoms with Crippen molar-refractivity contribution in [1.29, 1.82) is 0 Å². The SMILES string of the molecule is COC(=O)/C=C/c1ccc2c(ccn2CCCOc2ccc(-c3ccc(CC(O)NCc4ccccc4)nc3)cc2)c1. The summed E-state index contributed by atoms with van der Waals surface area (Å²) in [6, 6.07) is 30.2. The molecule has 0 aliphatic heterocycles. The zero-order chi connectivity index (χ0) is 29.1. The number of hydrogen-bond acceptors (Lipinski definition) is 6. The number of aromatic nitrogens is 2. The van der Waals surface area contributed by atoms with Crippen LogP contribution in [0.25, 0.3) is 28.1 Å². The van der Waals surface area contributed by atoms with Crippen molar-refractivity contribution in [2.75, 3.05) is 13.7 Å². The van der Waals surface area contributed by atoms with Crippen LogP contribution in [0.4, 0.5) is 0 Å². The van der Waals surface area contributed by atoms with Gasteiger partial charge >= 0.3 is 5.97 Å². The molecule has 0 aliphatic rings. The highest BCUT2D eigenvalue weighted by atomic mass is 16.5. The summed E-state index contributed by atoms with van der Waals surface area (Å²) < 4.78 is 12.9. The molecule has 42 heavy (non-hydrogen) atoms. The van der Waals surface area contributed by atoms with Gasteiger partial charge in [-0.3, -0.25) is 10.3 Å². The number of aryl methyl sites for hydroxylation is 1. The van der Waals surface area contributed by atoms with Gasteiger partial charge in [-0.05, 0) is 65.6 Å². The number of methoxy groups -OCH3 is 1. The molecule has 0 aliphatic carbocycles. The third-order valence-electron chi connectivity index (χ3n) is 7.02. The van der Waals surface area contributed by atoms with E-state index in [0.29, 0.717) is 19.6 Å². The number of nitrogens with zero attached hydrogens (tertiary/aromatic N) is 2. The lowest BCUT2D eigenvalue weighted by Crippen LogP contribution is -2.30. The molecule has 0 fully saturated rings. The van der Waals surface area contributed by atoms with Crippen molar-refractivity contribution in [2.45, 2.75) is 32.2 Å². The highest BCUT2D eigenvalue weighted by Crippen LogP contribution is 2.23. The number of nitrogens with one attached hydrogen (secondary N) is 1. The minimum Gasteiger partial charge on any atom is -0.494 e. The second-order valence-electron chi connectivity index (χ2n) is 10.0. The van der Waals surface area contributed by atoms with Gasteiger partial charge in [-0.2, -0.15) is 0 Å². The Labute approximate surface area is 246 Å². The van der Waals surface area contributed by atoms with Crippen molar-refractivity contribution in [3.8, 4) is 16.9 Å². The molecule has 5 aromatic rings. The zero-order valence-corrected chi connectivity index (χ0v) is 23.6. The molecule has 1 atom stereocenters. The molecule has 0 radical (unpaired) electrons. The van der Waals surface area contributed by atoms with E-state index in [2.05, 4.69) is 44.0 Å². The Hall–Kier alpha value is -4.72. The summed E-state index contributed by atoms with van der Waals surface area (Å²) in [6.07, 6.45) is 7.75. The number of aliphatic hydroxyl groups excluding tert-OH is 1. The standard InChI is InChI=1S/C35H35N3O4/c1-41-35(40)17-9-26-8-16-33-29(22-26)18-20-38(33)19-5-21-42-32-14-11-28(12-15-32)30-10-13-31(36-25-30)23-34(39)37-24-27-6-3-2-4-7-27/h2-4,6-18,20,22,25,34,37,39H,5,19,21,23-24H2,1H3/b17-9+. The second kappa shape index (κ2) is 14.3. The largest absolute Gasteiger partial charge is 0.494 e. The number of carbonyl (C=O) groups excluding carboxylic acids is 1. The van der Waals surface area contributed by atoms with Gasteiger partial charge in [-0.1, -0.05) is 54.6 Å². The molecular formula is C35H35N3O4. The summed E-state index contributed by atoms with van der Waals surface area (Å²) in [4.78, 5) is 15.9. The maximum atomic E-state index is 11.3. The van der Waals surface area contributed by atoms with Gasteiger partial charge in [0.2, 0.25) is 0 Å². The van der Waals surface area contributed by atoms with Gasteiger partial charge in [-0.15, -0.1) is 0 Å². The van der Waals surface area contributed by atoms with Gasteiger partial charge in [0.15, 0.2) is 0 Å². The fourth-order valence-corrected chi connectivity index (χ4v) is 4.74. The molecule has 3 aromatic carbocycles. The van der Waals surface area contributed by atoms with Crippen LogP contribution < -0.4 is 10.1 Å². The van der Waals surface area contributed by atoms with Gasteiger partial charge in [-0.25, -0.2) is 4.79 Å². The average Bonchev–Trinajstić information content (AvgIpc) is 3.44. The Morgan fingerprint density at radius 2 is 1.81 bits per heavy atom. The highest BCUT2D eigenvalue weighted by Gasteiger charge is 2.08. The molecule has 5 rings (SSSR count). The second-order valence-corrected chi connectivity index (χ2v) is 10.0. The summed E-state index contributed by atoms with van der Waals surface area (Å²) in [5.41, 5.74) is 6.13. The summed E-state index contributed by atoms with van der Waals surface area (Å²) in [6.45, 7) is 2.06. The number of carbonyl (C=O) groups is 1. The lowest BCUT2D eigenvalue weighted by atomic mass is 10.1. The Balaban J connectivity index is 1.07. The molecule has 2 N–H and O–H groups in total. The number of aliphatic hydroxyl groups is 1. The van der Waals surface area contributed by atoms with Crippen molar-refractivity contribution >= 4 is 22.9 Å². The van der Waals surface area contributed by atoms with Gasteiger partial charge in [0.25, 0.3) is 0 Å². The van der Waals surface area contributed by atoms with Gasteiger partial charge < -0.3 is 19.1 Å². The van der Waals surface area contributed by atoms with Crippen LogP contribution >= 0.6 is 0 Å². The summed E-state index contributed by atoms with van der Waals surface area (Å²) in [7, 11) is 1.37. The van der Waals surface area contributed by atoms with Crippen LogP contribution in [0, 0.1) is 0 Å². The minimum absolute atomic E-state index is 0.367. The molecule has 214 valence electrons. The normalized spacial score (nSPS) is 12.0. The van der Waals surface area contributed by atoms with E-state index < -0.39 is 6.23 Å². The van der Waals surface area contributed by atoms with Crippen LogP contribution in [0.2, 0.25) is 0 Å². The van der Waals surface area contributed by atoms with Crippen LogP contribution in [0.1, 0.15) is 23.2 Å². The molecule has 0 amide bonds. The van der Waals surface area contributed by atoms with Crippen LogP contribution in [0.5, 0.6) is 5.75 Å². The predicted octanol–water partition coefficient (Wildman–Crippen LogP) is 6.01. The molecule has 0 spiro atoms. The number of ether oxygens (including phenoxy) is 2. The van der Waals surface area contributed by atoms with Gasteiger partial charge in [0.1, 0.15) is 12.0 Å². The van der Waals surface area contributed by atoms with Gasteiger partial charge in [0, 0.05) is 60.1 Å². The maximum absolute atomic E-state index is 11.3. The van der Waals surface area contributed by atoms with E-state index in [0.717, 1.165) is 57.6 Å². The van der Waals surface area contributed by atoms with Crippen LogP contribution in [-0.4, -0.2) is 40.6 Å². The third-order valence-corrected chi connectivity index (χ3v) is 7.02. The summed E-state index contributed by atoms with van der Waals surface area (Å²) in [5, 5.41) is 14.6. The first kappa shape index (κ1) is 28.8. The quantitative estimate of drug-likeness (QED) is 0.0793. The Morgan fingerprint density at radius 3 is 2.57 bits per heavy atom. The Bertz CT molecular complexity index is 1610. The fraction of sp³-hybridized carbons (Fsp3) is 0.200. The Kier molecular flexibility index (Phi) is 9.77. The summed E-state index contributed by atoms with van der Waals surface area (Å²) in [5.74, 6) is 0.462. The number of benzene rings is 3. The predicted molar refractivity (Wildman–Crippen MR) is 166 cm³/mol. The fourth-order valence-electron chi connectivity index (χ4n) is 4.74. The van der Waals surface area contributed by atoms with Crippen LogP contribution in [-0.2, 0) is 29.0 Å². The number of rotatable bonds is 13. The van der Waals surface area contributed by atoms with E-state index in [1.54, 1.807) is 6.08 Å². The first-order valence-electron chi connectivity index (χ1n) is 14.1. The average molecular weight is 562 g/mol. The molecule has 1 unspecified atom stereocenters. The number of pyridine rings is 1. The molecule has 0 bridgehead atoms.